The summed E-state index contributed by atoms with van der Waals surface area (Å²) < 4.78 is 5.76. The summed E-state index contributed by atoms with van der Waals surface area (Å²) in [5.41, 5.74) is 7.18. The van der Waals surface area contributed by atoms with Crippen molar-refractivity contribution in [3.63, 3.8) is 0 Å². The van der Waals surface area contributed by atoms with E-state index in [1.165, 1.54) is 44.1 Å². The smallest absolute Gasteiger partial charge is 0.119 e. The molecule has 0 saturated heterocycles. The topological polar surface area (TPSA) is 35.2 Å². The molecule has 0 spiro atoms. The number of unbranched alkanes of at least 4 members (excludes halogenated alkanes) is 6. The highest BCUT2D eigenvalue weighted by Gasteiger charge is 2.02. The second-order valence-corrected chi connectivity index (χ2v) is 5.55. The molecule has 0 saturated carbocycles. The second-order valence-electron chi connectivity index (χ2n) is 5.55. The van der Waals surface area contributed by atoms with Crippen molar-refractivity contribution < 1.29 is 4.74 Å². The Balaban J connectivity index is 2.10. The van der Waals surface area contributed by atoms with Gasteiger partial charge in [-0.15, -0.1) is 0 Å². The van der Waals surface area contributed by atoms with Crippen LogP contribution in [0.2, 0.25) is 0 Å². The molecule has 1 atom stereocenters. The Hall–Kier alpha value is -1.02. The summed E-state index contributed by atoms with van der Waals surface area (Å²) in [6.45, 7) is 5.19. The van der Waals surface area contributed by atoms with E-state index in [0.717, 1.165) is 25.2 Å². The molecule has 2 heteroatoms. The maximum absolute atomic E-state index is 5.99. The number of benzene rings is 1. The first-order valence-electron chi connectivity index (χ1n) is 8.26. The Morgan fingerprint density at radius 2 is 1.50 bits per heavy atom. The molecule has 2 N–H and O–H groups in total. The predicted octanol–water partition coefficient (Wildman–Crippen LogP) is 5.23. The van der Waals surface area contributed by atoms with E-state index >= 15 is 0 Å². The zero-order valence-corrected chi connectivity index (χ0v) is 13.2. The third-order valence-electron chi connectivity index (χ3n) is 3.76. The summed E-state index contributed by atoms with van der Waals surface area (Å²) in [6.07, 6.45) is 10.2. The lowest BCUT2D eigenvalue weighted by molar-refractivity contribution is 0.304. The largest absolute Gasteiger partial charge is 0.494 e. The van der Waals surface area contributed by atoms with Gasteiger partial charge in [-0.3, -0.25) is 0 Å². The summed E-state index contributed by atoms with van der Waals surface area (Å²) in [5.74, 6) is 0.961. The lowest BCUT2D eigenvalue weighted by atomic mass is 10.1. The van der Waals surface area contributed by atoms with Crippen LogP contribution in [0.4, 0.5) is 0 Å². The Kier molecular flexibility index (Phi) is 9.14. The second kappa shape index (κ2) is 10.7. The van der Waals surface area contributed by atoms with Gasteiger partial charge >= 0.3 is 0 Å². The van der Waals surface area contributed by atoms with Crippen LogP contribution in [0.1, 0.15) is 76.8 Å². The molecule has 0 fully saturated rings. The lowest BCUT2D eigenvalue weighted by Crippen LogP contribution is -2.08. The third-order valence-corrected chi connectivity index (χ3v) is 3.76. The summed E-state index contributed by atoms with van der Waals surface area (Å²) in [7, 11) is 0. The van der Waals surface area contributed by atoms with Crippen LogP contribution in [0.5, 0.6) is 5.75 Å². The van der Waals surface area contributed by atoms with Gasteiger partial charge in [0.2, 0.25) is 0 Å². The monoisotopic (exact) mass is 277 g/mol. The van der Waals surface area contributed by atoms with E-state index in [9.17, 15) is 0 Å². The van der Waals surface area contributed by atoms with Gasteiger partial charge in [0.25, 0.3) is 0 Å². The van der Waals surface area contributed by atoms with Crippen molar-refractivity contribution in [3.8, 4) is 5.75 Å². The number of hydrogen-bond donors (Lipinski definition) is 1. The van der Waals surface area contributed by atoms with Crippen LogP contribution < -0.4 is 10.5 Å². The van der Waals surface area contributed by atoms with Gasteiger partial charge in [-0.25, -0.2) is 0 Å². The summed E-state index contributed by atoms with van der Waals surface area (Å²) in [5, 5.41) is 0. The Morgan fingerprint density at radius 3 is 2.10 bits per heavy atom. The zero-order chi connectivity index (χ0) is 14.6. The highest BCUT2D eigenvalue weighted by atomic mass is 16.5. The zero-order valence-electron chi connectivity index (χ0n) is 13.2. The molecule has 20 heavy (non-hydrogen) atoms. The van der Waals surface area contributed by atoms with Gasteiger partial charge in [-0.1, -0.05) is 64.5 Å². The molecular formula is C18H31NO. The lowest BCUT2D eigenvalue weighted by Gasteiger charge is -2.10. The standard InChI is InChI=1S/C18H31NO/c1-3-5-6-7-8-9-10-15-20-17-13-11-16(12-14-17)18(19)4-2/h11-14,18H,3-10,15,19H2,1-2H3. The summed E-state index contributed by atoms with van der Waals surface area (Å²) in [6, 6.07) is 8.37. The fourth-order valence-corrected chi connectivity index (χ4v) is 2.30. The van der Waals surface area contributed by atoms with Gasteiger partial charge in [-0.2, -0.15) is 0 Å². The Morgan fingerprint density at radius 1 is 0.900 bits per heavy atom. The molecule has 0 bridgehead atoms. The minimum atomic E-state index is 0.146. The van der Waals surface area contributed by atoms with Gasteiger partial charge < -0.3 is 10.5 Å². The maximum Gasteiger partial charge on any atom is 0.119 e. The maximum atomic E-state index is 5.99. The van der Waals surface area contributed by atoms with E-state index < -0.39 is 0 Å². The fraction of sp³-hybridized carbons (Fsp3) is 0.667. The highest BCUT2D eigenvalue weighted by Crippen LogP contribution is 2.18. The van der Waals surface area contributed by atoms with Crippen LogP contribution in [-0.4, -0.2) is 6.61 Å². The molecular weight excluding hydrogens is 246 g/mol. The molecule has 1 aromatic carbocycles. The quantitative estimate of drug-likeness (QED) is 0.562. The molecule has 1 rings (SSSR count). The van der Waals surface area contributed by atoms with Gasteiger partial charge in [0.1, 0.15) is 5.75 Å². The van der Waals surface area contributed by atoms with Crippen molar-refractivity contribution in [2.45, 2.75) is 71.3 Å². The van der Waals surface area contributed by atoms with E-state index in [1.54, 1.807) is 0 Å². The predicted molar refractivity (Wildman–Crippen MR) is 87.1 cm³/mol. The van der Waals surface area contributed by atoms with Crippen molar-refractivity contribution in [1.82, 2.24) is 0 Å². The molecule has 114 valence electrons. The number of ether oxygens (including phenoxy) is 1. The van der Waals surface area contributed by atoms with Crippen LogP contribution in [0.25, 0.3) is 0 Å². The van der Waals surface area contributed by atoms with Gasteiger partial charge in [0.15, 0.2) is 0 Å². The van der Waals surface area contributed by atoms with Crippen LogP contribution in [0.3, 0.4) is 0 Å². The molecule has 0 radical (unpaired) electrons. The van der Waals surface area contributed by atoms with Crippen molar-refractivity contribution >= 4 is 0 Å². The number of hydrogen-bond acceptors (Lipinski definition) is 2. The van der Waals surface area contributed by atoms with Gasteiger partial charge in [0, 0.05) is 6.04 Å². The van der Waals surface area contributed by atoms with E-state index in [2.05, 4.69) is 26.0 Å². The average Bonchev–Trinajstić information content (AvgIpc) is 2.50. The van der Waals surface area contributed by atoms with E-state index in [-0.39, 0.29) is 6.04 Å². The molecule has 1 aromatic rings. The van der Waals surface area contributed by atoms with Crippen molar-refractivity contribution in [3.05, 3.63) is 29.8 Å². The van der Waals surface area contributed by atoms with Crippen molar-refractivity contribution in [2.75, 3.05) is 6.61 Å². The first-order valence-corrected chi connectivity index (χ1v) is 8.26. The third kappa shape index (κ3) is 6.95. The molecule has 0 aliphatic heterocycles. The van der Waals surface area contributed by atoms with Crippen molar-refractivity contribution in [1.29, 1.82) is 0 Å². The molecule has 0 aliphatic rings. The molecule has 1 unspecified atom stereocenters. The molecule has 0 aromatic heterocycles. The van der Waals surface area contributed by atoms with Crippen LogP contribution in [-0.2, 0) is 0 Å². The molecule has 0 aliphatic carbocycles. The Bertz CT molecular complexity index is 334. The first-order chi connectivity index (χ1) is 9.77. The Labute approximate surface area is 124 Å². The molecule has 2 nitrogen and oxygen atoms in total. The van der Waals surface area contributed by atoms with Crippen LogP contribution in [0.15, 0.2) is 24.3 Å². The van der Waals surface area contributed by atoms with Crippen LogP contribution in [0, 0.1) is 0 Å². The minimum Gasteiger partial charge on any atom is -0.494 e. The molecule has 0 heterocycles. The summed E-state index contributed by atoms with van der Waals surface area (Å²) >= 11 is 0. The van der Waals surface area contributed by atoms with Gasteiger partial charge in [-0.05, 0) is 30.5 Å². The highest BCUT2D eigenvalue weighted by molar-refractivity contribution is 5.28. The summed E-state index contributed by atoms with van der Waals surface area (Å²) in [4.78, 5) is 0. The minimum absolute atomic E-state index is 0.146. The van der Waals surface area contributed by atoms with E-state index in [0.29, 0.717) is 0 Å². The fourth-order valence-electron chi connectivity index (χ4n) is 2.30. The number of nitrogens with two attached hydrogens (primary N) is 1. The normalized spacial score (nSPS) is 12.3. The average molecular weight is 277 g/mol. The SMILES string of the molecule is CCCCCCCCCOc1ccc(C(N)CC)cc1. The van der Waals surface area contributed by atoms with Gasteiger partial charge in [0.05, 0.1) is 6.61 Å². The van der Waals surface area contributed by atoms with E-state index in [4.69, 9.17) is 10.5 Å². The van der Waals surface area contributed by atoms with Crippen LogP contribution >= 0.6 is 0 Å². The van der Waals surface area contributed by atoms with E-state index in [1.807, 2.05) is 12.1 Å². The molecule has 0 amide bonds. The first kappa shape index (κ1) is 17.0. The number of rotatable bonds is 11. The van der Waals surface area contributed by atoms with Crippen molar-refractivity contribution in [2.24, 2.45) is 5.73 Å².